The lowest BCUT2D eigenvalue weighted by atomic mass is 10.1. The molecule has 0 aliphatic heterocycles. The third kappa shape index (κ3) is 2.22. The lowest BCUT2D eigenvalue weighted by molar-refractivity contribution is 1.14. The molecule has 1 N–H and O–H groups in total. The van der Waals surface area contributed by atoms with Crippen LogP contribution in [0.2, 0.25) is 10.0 Å². The van der Waals surface area contributed by atoms with Gasteiger partial charge in [-0.3, -0.25) is 0 Å². The van der Waals surface area contributed by atoms with Crippen molar-refractivity contribution in [3.63, 3.8) is 0 Å². The zero-order chi connectivity index (χ0) is 13.4. The maximum absolute atomic E-state index is 6.22. The summed E-state index contributed by atoms with van der Waals surface area (Å²) in [5.74, 6) is 0.746. The van der Waals surface area contributed by atoms with Gasteiger partial charge in [0.15, 0.2) is 0 Å². The molecule has 0 atom stereocenters. The Bertz CT molecular complexity index is 747. The zero-order valence-corrected chi connectivity index (χ0v) is 11.9. The first kappa shape index (κ1) is 12.5. The molecular formula is C15H12Cl2N2. The van der Waals surface area contributed by atoms with Crippen LogP contribution in [0.4, 0.5) is 0 Å². The van der Waals surface area contributed by atoms with Gasteiger partial charge in [-0.1, -0.05) is 42.3 Å². The number of rotatable bonds is 2. The Morgan fingerprint density at radius 2 is 2.00 bits per heavy atom. The average Bonchev–Trinajstić information content (AvgIpc) is 2.84. The first-order valence-electron chi connectivity index (χ1n) is 6.12. The van der Waals surface area contributed by atoms with E-state index in [1.807, 2.05) is 18.2 Å². The molecule has 0 bridgehead atoms. The van der Waals surface area contributed by atoms with Crippen LogP contribution in [0, 0.1) is 0 Å². The average molecular weight is 291 g/mol. The minimum Gasteiger partial charge on any atom is -0.338 e. The molecule has 0 spiro atoms. The number of H-pyrrole nitrogens is 1. The smallest absolute Gasteiger partial charge is 0.140 e. The monoisotopic (exact) mass is 290 g/mol. The SMILES string of the molecule is CCc1ccc2nc(-c3cccc(Cl)c3Cl)[nH]c2c1. The van der Waals surface area contributed by atoms with Crippen molar-refractivity contribution in [3.8, 4) is 11.4 Å². The molecule has 0 radical (unpaired) electrons. The minimum atomic E-state index is 0.527. The van der Waals surface area contributed by atoms with E-state index in [0.29, 0.717) is 10.0 Å². The lowest BCUT2D eigenvalue weighted by Crippen LogP contribution is -1.82. The van der Waals surface area contributed by atoms with E-state index < -0.39 is 0 Å². The Labute approximate surface area is 121 Å². The number of nitrogens with zero attached hydrogens (tertiary/aromatic N) is 1. The van der Waals surface area contributed by atoms with E-state index in [9.17, 15) is 0 Å². The van der Waals surface area contributed by atoms with Crippen molar-refractivity contribution in [1.82, 2.24) is 9.97 Å². The van der Waals surface area contributed by atoms with Gasteiger partial charge in [-0.05, 0) is 36.2 Å². The Morgan fingerprint density at radius 1 is 1.16 bits per heavy atom. The van der Waals surface area contributed by atoms with Gasteiger partial charge in [0.05, 0.1) is 21.1 Å². The van der Waals surface area contributed by atoms with E-state index in [-0.39, 0.29) is 0 Å². The second kappa shape index (κ2) is 4.87. The summed E-state index contributed by atoms with van der Waals surface area (Å²) in [6, 6.07) is 11.8. The highest BCUT2D eigenvalue weighted by molar-refractivity contribution is 6.43. The topological polar surface area (TPSA) is 28.7 Å². The lowest BCUT2D eigenvalue weighted by Gasteiger charge is -2.01. The molecule has 0 saturated heterocycles. The largest absolute Gasteiger partial charge is 0.338 e. The summed E-state index contributed by atoms with van der Waals surface area (Å²) >= 11 is 12.3. The van der Waals surface area contributed by atoms with Crippen molar-refractivity contribution < 1.29 is 0 Å². The summed E-state index contributed by atoms with van der Waals surface area (Å²) in [5, 5.41) is 1.06. The molecule has 96 valence electrons. The second-order valence-electron chi connectivity index (χ2n) is 4.39. The Morgan fingerprint density at radius 3 is 2.79 bits per heavy atom. The first-order valence-corrected chi connectivity index (χ1v) is 6.87. The molecule has 2 aromatic carbocycles. The number of hydrogen-bond acceptors (Lipinski definition) is 1. The number of halogens is 2. The van der Waals surface area contributed by atoms with Crippen molar-refractivity contribution in [2.45, 2.75) is 13.3 Å². The fraction of sp³-hybridized carbons (Fsp3) is 0.133. The maximum atomic E-state index is 6.22. The fourth-order valence-electron chi connectivity index (χ4n) is 2.09. The van der Waals surface area contributed by atoms with Crippen LogP contribution in [0.3, 0.4) is 0 Å². The molecule has 4 heteroatoms. The van der Waals surface area contributed by atoms with Gasteiger partial charge in [-0.15, -0.1) is 0 Å². The van der Waals surface area contributed by atoms with Crippen molar-refractivity contribution in [2.24, 2.45) is 0 Å². The standard InChI is InChI=1S/C15H12Cl2N2/c1-2-9-6-7-12-13(8-9)19-15(18-12)10-4-3-5-11(16)14(10)17/h3-8H,2H2,1H3,(H,18,19). The van der Waals surface area contributed by atoms with Crippen LogP contribution in [0.1, 0.15) is 12.5 Å². The van der Waals surface area contributed by atoms with Crippen LogP contribution in [0.5, 0.6) is 0 Å². The Kier molecular flexibility index (Phi) is 3.21. The summed E-state index contributed by atoms with van der Waals surface area (Å²) in [7, 11) is 0. The van der Waals surface area contributed by atoms with Gasteiger partial charge >= 0.3 is 0 Å². The predicted octanol–water partition coefficient (Wildman–Crippen LogP) is 5.10. The number of aromatic amines is 1. The molecule has 3 aromatic rings. The molecule has 19 heavy (non-hydrogen) atoms. The van der Waals surface area contributed by atoms with Gasteiger partial charge in [-0.2, -0.15) is 0 Å². The minimum absolute atomic E-state index is 0.527. The van der Waals surface area contributed by atoms with Crippen LogP contribution in [0.25, 0.3) is 22.4 Å². The van der Waals surface area contributed by atoms with Gasteiger partial charge in [0, 0.05) is 5.56 Å². The van der Waals surface area contributed by atoms with Crippen molar-refractivity contribution in [2.75, 3.05) is 0 Å². The molecule has 1 heterocycles. The summed E-state index contributed by atoms with van der Waals surface area (Å²) < 4.78 is 0. The van der Waals surface area contributed by atoms with Gasteiger partial charge in [0.2, 0.25) is 0 Å². The zero-order valence-electron chi connectivity index (χ0n) is 10.4. The number of nitrogens with one attached hydrogen (secondary N) is 1. The quantitative estimate of drug-likeness (QED) is 0.699. The molecule has 0 fully saturated rings. The molecule has 1 aromatic heterocycles. The Balaban J connectivity index is 2.18. The van der Waals surface area contributed by atoms with E-state index in [2.05, 4.69) is 29.0 Å². The van der Waals surface area contributed by atoms with E-state index in [4.69, 9.17) is 23.2 Å². The van der Waals surface area contributed by atoms with Crippen LogP contribution in [0.15, 0.2) is 36.4 Å². The molecule has 0 unspecified atom stereocenters. The number of hydrogen-bond donors (Lipinski definition) is 1. The highest BCUT2D eigenvalue weighted by Gasteiger charge is 2.11. The number of fused-ring (bicyclic) bond motifs is 1. The van der Waals surface area contributed by atoms with E-state index in [1.54, 1.807) is 6.07 Å². The molecule has 0 aliphatic carbocycles. The predicted molar refractivity (Wildman–Crippen MR) is 80.9 cm³/mol. The normalized spacial score (nSPS) is 11.1. The van der Waals surface area contributed by atoms with Crippen LogP contribution in [-0.2, 0) is 6.42 Å². The number of aromatic nitrogens is 2. The molecule has 0 amide bonds. The number of benzene rings is 2. The molecular weight excluding hydrogens is 279 g/mol. The highest BCUT2D eigenvalue weighted by atomic mass is 35.5. The maximum Gasteiger partial charge on any atom is 0.140 e. The summed E-state index contributed by atoms with van der Waals surface area (Å²) in [4.78, 5) is 7.86. The summed E-state index contributed by atoms with van der Waals surface area (Å²) in [5.41, 5.74) is 4.05. The van der Waals surface area contributed by atoms with Crippen LogP contribution < -0.4 is 0 Å². The van der Waals surface area contributed by atoms with Gasteiger partial charge in [-0.25, -0.2) is 4.98 Å². The summed E-state index contributed by atoms with van der Waals surface area (Å²) in [6.07, 6.45) is 1.00. The summed E-state index contributed by atoms with van der Waals surface area (Å²) in [6.45, 7) is 2.13. The van der Waals surface area contributed by atoms with Crippen LogP contribution >= 0.6 is 23.2 Å². The highest BCUT2D eigenvalue weighted by Crippen LogP contribution is 2.32. The van der Waals surface area contributed by atoms with E-state index >= 15 is 0 Å². The molecule has 0 saturated carbocycles. The van der Waals surface area contributed by atoms with E-state index in [0.717, 1.165) is 28.8 Å². The fourth-order valence-corrected chi connectivity index (χ4v) is 2.48. The van der Waals surface area contributed by atoms with Crippen molar-refractivity contribution in [3.05, 3.63) is 52.0 Å². The third-order valence-electron chi connectivity index (χ3n) is 3.16. The number of imidazole rings is 1. The molecule has 2 nitrogen and oxygen atoms in total. The van der Waals surface area contributed by atoms with Gasteiger partial charge in [0.1, 0.15) is 5.82 Å². The second-order valence-corrected chi connectivity index (χ2v) is 5.18. The first-order chi connectivity index (χ1) is 9.19. The van der Waals surface area contributed by atoms with E-state index in [1.165, 1.54) is 5.56 Å². The van der Waals surface area contributed by atoms with Crippen molar-refractivity contribution in [1.29, 1.82) is 0 Å². The van der Waals surface area contributed by atoms with Crippen LogP contribution in [-0.4, -0.2) is 9.97 Å². The molecule has 3 rings (SSSR count). The van der Waals surface area contributed by atoms with Crippen molar-refractivity contribution >= 4 is 34.2 Å². The Hall–Kier alpha value is -1.51. The number of aryl methyl sites for hydroxylation is 1. The molecule has 0 aliphatic rings. The third-order valence-corrected chi connectivity index (χ3v) is 3.98. The van der Waals surface area contributed by atoms with Gasteiger partial charge in [0.25, 0.3) is 0 Å². The van der Waals surface area contributed by atoms with Gasteiger partial charge < -0.3 is 4.98 Å².